The fraction of sp³-hybridized carbons (Fsp3) is 0.273. The van der Waals surface area contributed by atoms with E-state index in [1.54, 1.807) is 54.6 Å². The van der Waals surface area contributed by atoms with E-state index in [9.17, 15) is 28.8 Å². The minimum absolute atomic E-state index is 0.316. The minimum atomic E-state index is -0.976. The van der Waals surface area contributed by atoms with Crippen LogP contribution in [0.4, 0.5) is 0 Å². The van der Waals surface area contributed by atoms with Gasteiger partial charge < -0.3 is 28.6 Å². The van der Waals surface area contributed by atoms with E-state index in [1.807, 2.05) is 0 Å². The van der Waals surface area contributed by atoms with Gasteiger partial charge in [-0.2, -0.15) is 0 Å². The number of hydrogen-bond acceptors (Lipinski definition) is 12. The molecule has 306 valence electrons. The molecule has 0 atom stereocenters. The second kappa shape index (κ2) is 24.5. The van der Waals surface area contributed by atoms with Gasteiger partial charge in [0.15, 0.2) is 0 Å². The van der Waals surface area contributed by atoms with Gasteiger partial charge in [-0.3, -0.25) is 0 Å². The van der Waals surface area contributed by atoms with Gasteiger partial charge in [-0.1, -0.05) is 102 Å². The number of aromatic nitrogens is 3. The summed E-state index contributed by atoms with van der Waals surface area (Å²) in [7, 11) is 6.43. The largest absolute Gasteiger partial charge is 0.561 e. The monoisotopic (exact) mass is 1010 g/mol. The Balaban J connectivity index is 1.36. The number of carbonyl (C=O) groups excluding carboxylic acids is 3. The molecule has 0 radical (unpaired) electrons. The molecule has 1 heterocycles. The van der Waals surface area contributed by atoms with E-state index in [0.717, 1.165) is 62.8 Å². The highest BCUT2D eigenvalue weighted by Crippen LogP contribution is 2.32. The van der Waals surface area contributed by atoms with Crippen LogP contribution in [0.25, 0.3) is 0 Å². The molecular weight excluding hydrogens is 987 g/mol. The van der Waals surface area contributed by atoms with E-state index in [4.69, 9.17) is 83.8 Å². The Labute approximate surface area is 378 Å². The molecule has 3 N–H and O–H groups in total. The first kappa shape index (κ1) is 48.0. The minimum Gasteiger partial charge on any atom is -0.329 e. The molecule has 4 aromatic rings. The molecule has 0 fully saturated rings. The summed E-state index contributed by atoms with van der Waals surface area (Å²) in [5.41, 5.74) is -0.478. The van der Waals surface area contributed by atoms with Crippen LogP contribution in [0, 0.1) is 0 Å². The number of halogens is 6. The van der Waals surface area contributed by atoms with Crippen molar-refractivity contribution in [3.63, 3.8) is 0 Å². The molecular formula is C33H30Cl6N3O9S6+3. The molecule has 3 aromatic carbocycles. The van der Waals surface area contributed by atoms with Crippen LogP contribution < -0.4 is 17.1 Å². The van der Waals surface area contributed by atoms with E-state index in [2.05, 4.69) is 0 Å². The normalized spacial score (nSPS) is 11.1. The third-order valence-electron chi connectivity index (χ3n) is 6.84. The molecule has 0 aliphatic rings. The van der Waals surface area contributed by atoms with Crippen molar-refractivity contribution in [2.45, 2.75) is 36.9 Å². The Hall–Kier alpha value is -1.68. The maximum Gasteiger partial charge on any atom is 0.561 e. The standard InChI is InChI=1S/C33H27Cl6N3O9S6/c34-22-7-19(8-23(35)13-22)16-52-55-31(46)49-4-1-40-28(43)41(2-5-50-32(47)56-53-17-20-9-24(36)14-25(37)10-20)30(45)42(29(40)44)3-6-51-33(48)57-54-18-21-11-26(38)15-27(39)12-21/h7-15H,1-6,16-18H2/p+3. The first-order valence-corrected chi connectivity index (χ1v) is 25.1. The van der Waals surface area contributed by atoms with Crippen LogP contribution in [0.3, 0.4) is 0 Å². The molecule has 0 unspecified atom stereocenters. The highest BCUT2D eigenvalue weighted by molar-refractivity contribution is 8.82. The quantitative estimate of drug-likeness (QED) is 0.0403. The van der Waals surface area contributed by atoms with Crippen LogP contribution >= 0.6 is 134 Å². The molecule has 57 heavy (non-hydrogen) atoms. The van der Waals surface area contributed by atoms with Crippen LogP contribution in [-0.2, 0) is 51.1 Å². The summed E-state index contributed by atoms with van der Waals surface area (Å²) in [5, 5.41) is 1.51. The first-order chi connectivity index (χ1) is 27.2. The van der Waals surface area contributed by atoms with Gasteiger partial charge in [0.2, 0.25) is 19.8 Å². The van der Waals surface area contributed by atoms with Gasteiger partial charge in [0.1, 0.15) is 0 Å². The summed E-state index contributed by atoms with van der Waals surface area (Å²) < 4.78 is 18.3. The zero-order valence-corrected chi connectivity index (χ0v) is 38.3. The van der Waals surface area contributed by atoms with Crippen LogP contribution in [0.2, 0.25) is 30.1 Å². The molecule has 0 aliphatic carbocycles. The number of hydrogen-bond donors (Lipinski definition) is 0. The maximum atomic E-state index is 13.4. The zero-order valence-electron chi connectivity index (χ0n) is 28.9. The molecule has 24 heteroatoms. The van der Waals surface area contributed by atoms with Crippen molar-refractivity contribution in [2.75, 3.05) is 19.8 Å². The molecule has 0 saturated heterocycles. The number of nitrogens with zero attached hydrogens (tertiary/aromatic N) is 3. The van der Waals surface area contributed by atoms with Crippen molar-refractivity contribution < 1.29 is 28.6 Å². The first-order valence-electron chi connectivity index (χ1n) is 15.9. The highest BCUT2D eigenvalue weighted by Gasteiger charge is 2.22. The predicted octanol–water partition coefficient (Wildman–Crippen LogP) is 9.27. The van der Waals surface area contributed by atoms with Gasteiger partial charge in [0, 0.05) is 47.4 Å². The molecule has 0 bridgehead atoms. The summed E-state index contributed by atoms with van der Waals surface area (Å²) in [4.78, 5) is 71.2. The molecule has 12 nitrogen and oxygen atoms in total. The lowest BCUT2D eigenvalue weighted by Crippen LogP contribution is -2.55. The van der Waals surface area contributed by atoms with Crippen LogP contribution in [-0.4, -0.2) is 63.8 Å². The summed E-state index contributed by atoms with van der Waals surface area (Å²) in [6, 6.07) is 15.2. The fourth-order valence-corrected chi connectivity index (χ4v) is 11.1. The van der Waals surface area contributed by atoms with E-state index >= 15 is 0 Å². The SMILES string of the molecule is O=c1n(CCOC(=[OH+])SSCc2cc(Cl)cc(Cl)c2)c(=O)n(CCOC(=[OH+])SSCc2cc(Cl)cc(Cl)c2)c(=O)n1CCOC(=[OH+])SSCc1cc(Cl)cc(Cl)c1. The molecule has 4 rings (SSSR count). The molecule has 0 saturated carbocycles. The van der Waals surface area contributed by atoms with Crippen molar-refractivity contribution in [2.24, 2.45) is 0 Å². The Morgan fingerprint density at radius 2 is 0.667 bits per heavy atom. The maximum absolute atomic E-state index is 13.4. The van der Waals surface area contributed by atoms with Gasteiger partial charge >= 0.3 is 33.0 Å². The lowest BCUT2D eigenvalue weighted by atomic mass is 10.2. The second-order valence-electron chi connectivity index (χ2n) is 11.0. The highest BCUT2D eigenvalue weighted by atomic mass is 35.5. The lowest BCUT2D eigenvalue weighted by molar-refractivity contribution is 0.237. The summed E-state index contributed by atoms with van der Waals surface area (Å²) >= 11 is 36.2. The number of rotatable bonds is 18. The Morgan fingerprint density at radius 3 is 0.895 bits per heavy atom. The summed E-state index contributed by atoms with van der Waals surface area (Å²) in [5.74, 6) is 1.29. The average Bonchev–Trinajstić information content (AvgIpc) is 3.11. The summed E-state index contributed by atoms with van der Waals surface area (Å²) in [6.07, 6.45) is 0. The number of benzene rings is 3. The molecule has 0 amide bonds. The van der Waals surface area contributed by atoms with E-state index in [-0.39, 0.29) is 39.5 Å². The van der Waals surface area contributed by atoms with Crippen molar-refractivity contribution in [3.05, 3.63) is 133 Å². The van der Waals surface area contributed by atoms with Gasteiger partial charge in [0.05, 0.1) is 52.0 Å². The van der Waals surface area contributed by atoms with Gasteiger partial charge in [-0.15, -0.1) is 0 Å². The van der Waals surface area contributed by atoms with Crippen molar-refractivity contribution in [1.29, 1.82) is 0 Å². The van der Waals surface area contributed by atoms with Crippen LogP contribution in [0.5, 0.6) is 0 Å². The number of ether oxygens (including phenoxy) is 3. The lowest BCUT2D eigenvalue weighted by Gasteiger charge is -2.11. The fourth-order valence-electron chi connectivity index (χ4n) is 4.53. The third-order valence-corrected chi connectivity index (χ3v) is 14.0. The smallest absolute Gasteiger partial charge is 0.329 e. The van der Waals surface area contributed by atoms with Crippen molar-refractivity contribution in [3.8, 4) is 0 Å². The van der Waals surface area contributed by atoms with E-state index in [1.165, 1.54) is 32.4 Å². The van der Waals surface area contributed by atoms with Crippen molar-refractivity contribution in [1.82, 2.24) is 13.7 Å². The van der Waals surface area contributed by atoms with Crippen LogP contribution in [0.1, 0.15) is 16.7 Å². The molecule has 0 spiro atoms. The topological polar surface area (TPSA) is 158 Å². The van der Waals surface area contributed by atoms with E-state index in [0.29, 0.717) is 47.4 Å². The molecule has 0 aliphatic heterocycles. The zero-order chi connectivity index (χ0) is 41.5. The predicted molar refractivity (Wildman–Crippen MR) is 244 cm³/mol. The third kappa shape index (κ3) is 16.7. The van der Waals surface area contributed by atoms with Crippen molar-refractivity contribution >= 4 is 150 Å². The Kier molecular flexibility index (Phi) is 20.7. The Bertz CT molecular complexity index is 1930. The summed E-state index contributed by atoms with van der Waals surface area (Å²) in [6.45, 7) is -2.01. The van der Waals surface area contributed by atoms with Gasteiger partial charge in [-0.25, -0.2) is 28.1 Å². The van der Waals surface area contributed by atoms with E-state index < -0.39 is 33.0 Å². The van der Waals surface area contributed by atoms with Gasteiger partial charge in [-0.05, 0) is 71.3 Å². The Morgan fingerprint density at radius 1 is 0.439 bits per heavy atom. The van der Waals surface area contributed by atoms with Crippen LogP contribution in [0.15, 0.2) is 69.0 Å². The molecule has 1 aromatic heterocycles. The second-order valence-corrected chi connectivity index (χ2v) is 20.4. The average molecular weight is 1020 g/mol. The van der Waals surface area contributed by atoms with Gasteiger partial charge in [0.25, 0.3) is 0 Å².